The van der Waals surface area contributed by atoms with Gasteiger partial charge in [0.1, 0.15) is 19.0 Å². The second kappa shape index (κ2) is 12.4. The van der Waals surface area contributed by atoms with Crippen LogP contribution in [0.1, 0.15) is 62.3 Å². The van der Waals surface area contributed by atoms with E-state index in [1.165, 1.54) is 45.3 Å². The Morgan fingerprint density at radius 2 is 1.83 bits per heavy atom. The fraction of sp³-hybridized carbons (Fsp3) is 0.595. The van der Waals surface area contributed by atoms with E-state index in [0.717, 1.165) is 82.8 Å². The SMILES string of the molecule is CCc1cccc2cccc(N3CCc4c(nc(OCC56CCCN5C(COC(=O)N(C)C)CC6)nc4N4C[C@H]5CC[C@@H](C4)N5)C3)c12. The molecular weight excluding hydrogens is 590 g/mol. The van der Waals surface area contributed by atoms with Crippen molar-refractivity contribution in [3.63, 3.8) is 0 Å². The van der Waals surface area contributed by atoms with Crippen molar-refractivity contribution in [2.24, 2.45) is 0 Å². The van der Waals surface area contributed by atoms with Crippen molar-refractivity contribution in [2.75, 3.05) is 63.3 Å². The van der Waals surface area contributed by atoms with Crippen LogP contribution in [0.3, 0.4) is 0 Å². The lowest BCUT2D eigenvalue weighted by molar-refractivity contribution is 0.0483. The molecule has 5 aliphatic heterocycles. The lowest BCUT2D eigenvalue weighted by atomic mass is 9.95. The van der Waals surface area contributed by atoms with Crippen LogP contribution in [0.25, 0.3) is 10.8 Å². The van der Waals surface area contributed by atoms with Gasteiger partial charge >= 0.3 is 12.1 Å². The number of carbonyl (C=O) groups is 1. The summed E-state index contributed by atoms with van der Waals surface area (Å²) in [5, 5.41) is 6.44. The number of fused-ring (bicyclic) bond motifs is 5. The Bertz CT molecular complexity index is 1630. The summed E-state index contributed by atoms with van der Waals surface area (Å²) in [6.07, 6.45) is 8.35. The highest BCUT2D eigenvalue weighted by atomic mass is 16.6. The lowest BCUT2D eigenvalue weighted by Crippen LogP contribution is -2.52. The van der Waals surface area contributed by atoms with E-state index in [0.29, 0.717) is 31.3 Å². The molecule has 10 nitrogen and oxygen atoms in total. The highest BCUT2D eigenvalue weighted by molar-refractivity contribution is 5.97. The Morgan fingerprint density at radius 3 is 2.62 bits per heavy atom. The zero-order chi connectivity index (χ0) is 32.1. The monoisotopic (exact) mass is 639 g/mol. The molecule has 3 aromatic rings. The summed E-state index contributed by atoms with van der Waals surface area (Å²) in [4.78, 5) is 31.6. The van der Waals surface area contributed by atoms with Crippen molar-refractivity contribution in [2.45, 2.75) is 88.5 Å². The first-order chi connectivity index (χ1) is 22.9. The third kappa shape index (κ3) is 5.67. The van der Waals surface area contributed by atoms with Crippen LogP contribution in [-0.2, 0) is 24.1 Å². The van der Waals surface area contributed by atoms with Gasteiger partial charge in [0, 0.05) is 68.5 Å². The number of nitrogens with one attached hydrogen (secondary N) is 1. The number of aryl methyl sites for hydroxylation is 1. The number of hydrogen-bond donors (Lipinski definition) is 1. The van der Waals surface area contributed by atoms with E-state index < -0.39 is 0 Å². The summed E-state index contributed by atoms with van der Waals surface area (Å²) in [6, 6.07) is 15.1. The van der Waals surface area contributed by atoms with E-state index in [1.54, 1.807) is 14.1 Å². The fourth-order valence-electron chi connectivity index (χ4n) is 9.13. The molecule has 2 unspecified atom stereocenters. The first-order valence-corrected chi connectivity index (χ1v) is 17.8. The fourth-order valence-corrected chi connectivity index (χ4v) is 9.13. The van der Waals surface area contributed by atoms with Gasteiger partial charge in [0.15, 0.2) is 0 Å². The van der Waals surface area contributed by atoms with Crippen LogP contribution < -0.4 is 19.9 Å². The highest BCUT2D eigenvalue weighted by Crippen LogP contribution is 2.43. The van der Waals surface area contributed by atoms with Crippen LogP contribution in [0.2, 0.25) is 0 Å². The molecular formula is C37H49N7O3. The molecule has 0 saturated carbocycles. The number of nitrogens with zero attached hydrogens (tertiary/aromatic N) is 6. The second-order valence-electron chi connectivity index (χ2n) is 14.6. The Kier molecular flexibility index (Phi) is 8.12. The average molecular weight is 640 g/mol. The number of hydrogen-bond acceptors (Lipinski definition) is 9. The molecule has 47 heavy (non-hydrogen) atoms. The summed E-state index contributed by atoms with van der Waals surface area (Å²) in [7, 11) is 3.46. The Morgan fingerprint density at radius 1 is 1.02 bits per heavy atom. The van der Waals surface area contributed by atoms with Crippen LogP contribution in [0.4, 0.5) is 16.3 Å². The number of amides is 1. The molecule has 4 fully saturated rings. The number of carbonyl (C=O) groups excluding carboxylic acids is 1. The average Bonchev–Trinajstić information content (AvgIpc) is 3.77. The third-order valence-corrected chi connectivity index (χ3v) is 11.5. The first kappa shape index (κ1) is 30.7. The lowest BCUT2D eigenvalue weighted by Gasteiger charge is -2.38. The zero-order valence-electron chi connectivity index (χ0n) is 28.2. The molecule has 0 radical (unpaired) electrons. The van der Waals surface area contributed by atoms with Gasteiger partial charge in [0.2, 0.25) is 0 Å². The van der Waals surface area contributed by atoms with Crippen LogP contribution in [0.5, 0.6) is 6.01 Å². The third-order valence-electron chi connectivity index (χ3n) is 11.5. The smallest absolute Gasteiger partial charge is 0.409 e. The van der Waals surface area contributed by atoms with E-state index in [-0.39, 0.29) is 17.7 Å². The van der Waals surface area contributed by atoms with Gasteiger partial charge in [0.25, 0.3) is 0 Å². The largest absolute Gasteiger partial charge is 0.461 e. The number of ether oxygens (including phenoxy) is 2. The highest BCUT2D eigenvalue weighted by Gasteiger charge is 2.50. The summed E-state index contributed by atoms with van der Waals surface area (Å²) >= 11 is 0. The predicted octanol–water partition coefficient (Wildman–Crippen LogP) is 4.77. The summed E-state index contributed by atoms with van der Waals surface area (Å²) < 4.78 is 12.3. The number of benzene rings is 2. The second-order valence-corrected chi connectivity index (χ2v) is 14.6. The molecule has 2 aromatic carbocycles. The van der Waals surface area contributed by atoms with E-state index in [9.17, 15) is 4.79 Å². The maximum Gasteiger partial charge on any atom is 0.409 e. The van der Waals surface area contributed by atoms with Gasteiger partial charge in [-0.05, 0) is 74.9 Å². The number of aromatic nitrogens is 2. The minimum atomic E-state index is -0.280. The molecule has 2 bridgehead atoms. The van der Waals surface area contributed by atoms with E-state index >= 15 is 0 Å². The molecule has 4 atom stereocenters. The van der Waals surface area contributed by atoms with Gasteiger partial charge in [-0.15, -0.1) is 0 Å². The molecule has 8 rings (SSSR count). The Balaban J connectivity index is 1.08. The summed E-state index contributed by atoms with van der Waals surface area (Å²) in [5.41, 5.74) is 5.00. The molecule has 0 aliphatic carbocycles. The van der Waals surface area contributed by atoms with E-state index in [4.69, 9.17) is 19.4 Å². The molecule has 250 valence electrons. The molecule has 6 heterocycles. The molecule has 1 N–H and O–H groups in total. The maximum atomic E-state index is 12.1. The standard InChI is InChI=1S/C37H49N7O3/c1-4-25-8-5-9-26-10-6-11-32(33(25)26)42-19-15-30-31(22-42)39-35(40-34(30)43-20-27-12-13-28(21-43)38-27)47-24-37-16-7-18-44(37)29(14-17-37)23-46-36(45)41(2)3/h5-6,8-11,27-29,38H,4,7,12-24H2,1-3H3/t27-,28+,29?,37?. The van der Waals surface area contributed by atoms with Crippen LogP contribution in [-0.4, -0.2) is 103 Å². The number of piperazine rings is 1. The minimum Gasteiger partial charge on any atom is -0.461 e. The molecule has 4 saturated heterocycles. The Labute approximate surface area is 278 Å². The molecule has 10 heteroatoms. The van der Waals surface area contributed by atoms with Crippen molar-refractivity contribution in [1.82, 2.24) is 25.1 Å². The van der Waals surface area contributed by atoms with Gasteiger partial charge in [-0.25, -0.2) is 4.79 Å². The topological polar surface area (TPSA) is 86.3 Å². The van der Waals surface area contributed by atoms with Gasteiger partial charge < -0.3 is 29.5 Å². The molecule has 5 aliphatic rings. The van der Waals surface area contributed by atoms with E-state index in [1.807, 2.05) is 0 Å². The molecule has 0 spiro atoms. The van der Waals surface area contributed by atoms with Crippen molar-refractivity contribution < 1.29 is 14.3 Å². The van der Waals surface area contributed by atoms with Crippen molar-refractivity contribution >= 4 is 28.4 Å². The zero-order valence-corrected chi connectivity index (χ0v) is 28.2. The van der Waals surface area contributed by atoms with Gasteiger partial charge in [0.05, 0.1) is 17.8 Å². The van der Waals surface area contributed by atoms with Crippen molar-refractivity contribution in [1.29, 1.82) is 0 Å². The van der Waals surface area contributed by atoms with Crippen LogP contribution in [0.15, 0.2) is 36.4 Å². The Hall–Kier alpha value is -3.63. The van der Waals surface area contributed by atoms with Crippen molar-refractivity contribution in [3.8, 4) is 6.01 Å². The minimum absolute atomic E-state index is 0.0612. The molecule has 1 aromatic heterocycles. The predicted molar refractivity (Wildman–Crippen MR) is 184 cm³/mol. The summed E-state index contributed by atoms with van der Waals surface area (Å²) in [5.74, 6) is 1.08. The number of anilines is 2. The number of rotatable bonds is 8. The maximum absolute atomic E-state index is 12.1. The molecule has 1 amide bonds. The quantitative estimate of drug-likeness (QED) is 0.375. The normalized spacial score (nSPS) is 26.8. The van der Waals surface area contributed by atoms with Gasteiger partial charge in [-0.3, -0.25) is 4.90 Å². The van der Waals surface area contributed by atoms with E-state index in [2.05, 4.69) is 63.3 Å². The van der Waals surface area contributed by atoms with Gasteiger partial charge in [-0.1, -0.05) is 37.3 Å². The van der Waals surface area contributed by atoms with Gasteiger partial charge in [-0.2, -0.15) is 9.97 Å². The summed E-state index contributed by atoms with van der Waals surface area (Å²) in [6.45, 7) is 7.89. The first-order valence-electron chi connectivity index (χ1n) is 17.8. The van der Waals surface area contributed by atoms with Crippen LogP contribution >= 0.6 is 0 Å². The van der Waals surface area contributed by atoms with Crippen molar-refractivity contribution in [3.05, 3.63) is 53.2 Å². The van der Waals surface area contributed by atoms with Crippen LogP contribution in [0, 0.1) is 0 Å².